The fourth-order valence-electron chi connectivity index (χ4n) is 3.21. The minimum Gasteiger partial charge on any atom is -0.497 e. The molecule has 0 spiro atoms. The zero-order valence-electron chi connectivity index (χ0n) is 15.6. The van der Waals surface area contributed by atoms with Gasteiger partial charge in [-0.25, -0.2) is 0 Å². The van der Waals surface area contributed by atoms with E-state index in [1.54, 1.807) is 18.4 Å². The van der Waals surface area contributed by atoms with Gasteiger partial charge in [0.1, 0.15) is 5.75 Å². The molecular formula is C19H23ClN4O2S. The number of piperazine rings is 1. The van der Waals surface area contributed by atoms with Crippen LogP contribution in [-0.4, -0.2) is 48.8 Å². The Morgan fingerprint density at radius 2 is 2.07 bits per heavy atom. The van der Waals surface area contributed by atoms with Crippen molar-refractivity contribution in [3.05, 3.63) is 41.0 Å². The van der Waals surface area contributed by atoms with Crippen molar-refractivity contribution in [3.8, 4) is 27.6 Å². The third kappa shape index (κ3) is 4.01. The standard InChI is InChI=1S/C19H22N4O2S.ClH/c1-12-15(13-4-6-14(24-3)7-5-13)10-17(26-12)19-21-18(22-25-19)16-11-20-8-9-23(16)2;/h4-7,10,16,20H,8-9,11H2,1-3H3;1H. The van der Waals surface area contributed by atoms with Crippen LogP contribution in [0.3, 0.4) is 0 Å². The van der Waals surface area contributed by atoms with Crippen LogP contribution in [0.2, 0.25) is 0 Å². The molecule has 1 atom stereocenters. The zero-order valence-corrected chi connectivity index (χ0v) is 17.2. The second-order valence-electron chi connectivity index (χ2n) is 6.47. The van der Waals surface area contributed by atoms with Crippen molar-refractivity contribution in [2.45, 2.75) is 13.0 Å². The van der Waals surface area contributed by atoms with Gasteiger partial charge < -0.3 is 14.6 Å². The SMILES string of the molecule is COc1ccc(-c2cc(-c3nc(C4CNCCN4C)no3)sc2C)cc1.Cl. The van der Waals surface area contributed by atoms with Crippen LogP contribution in [0.1, 0.15) is 16.7 Å². The first kappa shape index (κ1) is 19.8. The van der Waals surface area contributed by atoms with Gasteiger partial charge in [0, 0.05) is 24.5 Å². The van der Waals surface area contributed by atoms with Gasteiger partial charge in [-0.15, -0.1) is 23.7 Å². The molecule has 1 saturated heterocycles. The van der Waals surface area contributed by atoms with Crippen LogP contribution in [0, 0.1) is 6.92 Å². The first-order chi connectivity index (χ1) is 12.7. The topological polar surface area (TPSA) is 63.4 Å². The van der Waals surface area contributed by atoms with Crippen molar-refractivity contribution < 1.29 is 9.26 Å². The summed E-state index contributed by atoms with van der Waals surface area (Å²) in [7, 11) is 3.77. The number of ether oxygens (including phenoxy) is 1. The van der Waals surface area contributed by atoms with Crippen LogP contribution in [0.15, 0.2) is 34.9 Å². The summed E-state index contributed by atoms with van der Waals surface area (Å²) in [5.74, 6) is 2.19. The Labute approximate surface area is 168 Å². The molecule has 3 aromatic rings. The number of hydrogen-bond acceptors (Lipinski definition) is 7. The fraction of sp³-hybridized carbons (Fsp3) is 0.368. The van der Waals surface area contributed by atoms with Crippen molar-refractivity contribution in [1.82, 2.24) is 20.4 Å². The molecule has 0 aliphatic carbocycles. The van der Waals surface area contributed by atoms with Crippen molar-refractivity contribution in [1.29, 1.82) is 0 Å². The molecule has 1 aliphatic rings. The maximum Gasteiger partial charge on any atom is 0.268 e. The van der Waals surface area contributed by atoms with Gasteiger partial charge in [-0.3, -0.25) is 4.90 Å². The fourth-order valence-corrected chi connectivity index (χ4v) is 4.17. The van der Waals surface area contributed by atoms with Crippen LogP contribution >= 0.6 is 23.7 Å². The third-order valence-corrected chi connectivity index (χ3v) is 5.82. The summed E-state index contributed by atoms with van der Waals surface area (Å²) in [4.78, 5) is 9.14. The molecule has 8 heteroatoms. The molecule has 4 rings (SSSR count). The van der Waals surface area contributed by atoms with Gasteiger partial charge in [0.25, 0.3) is 5.89 Å². The number of halogens is 1. The van der Waals surface area contributed by atoms with E-state index < -0.39 is 0 Å². The highest BCUT2D eigenvalue weighted by Gasteiger charge is 2.26. The predicted molar refractivity (Wildman–Crippen MR) is 110 cm³/mol. The molecule has 0 radical (unpaired) electrons. The number of aromatic nitrogens is 2. The lowest BCUT2D eigenvalue weighted by molar-refractivity contribution is 0.190. The van der Waals surface area contributed by atoms with E-state index in [0.29, 0.717) is 5.89 Å². The molecule has 1 aromatic carbocycles. The first-order valence-corrected chi connectivity index (χ1v) is 9.47. The summed E-state index contributed by atoms with van der Waals surface area (Å²) in [5.41, 5.74) is 2.34. The van der Waals surface area contributed by atoms with E-state index in [2.05, 4.69) is 52.5 Å². The Morgan fingerprint density at radius 3 is 2.78 bits per heavy atom. The minimum atomic E-state index is 0. The second kappa shape index (κ2) is 8.39. The third-order valence-electron chi connectivity index (χ3n) is 4.78. The monoisotopic (exact) mass is 406 g/mol. The van der Waals surface area contributed by atoms with Crippen LogP contribution in [0.4, 0.5) is 0 Å². The molecule has 1 aliphatic heterocycles. The molecule has 0 bridgehead atoms. The Balaban J connectivity index is 0.00000210. The molecule has 0 saturated carbocycles. The number of aryl methyl sites for hydroxylation is 1. The Kier molecular flexibility index (Phi) is 6.16. The predicted octanol–water partition coefficient (Wildman–Crippen LogP) is 3.78. The number of hydrogen-bond donors (Lipinski definition) is 1. The molecule has 2 aromatic heterocycles. The summed E-state index contributed by atoms with van der Waals surface area (Å²) in [6, 6.07) is 10.4. The molecule has 1 N–H and O–H groups in total. The molecule has 27 heavy (non-hydrogen) atoms. The van der Waals surface area contributed by atoms with Gasteiger partial charge in [-0.05, 0) is 43.3 Å². The summed E-state index contributed by atoms with van der Waals surface area (Å²) >= 11 is 1.68. The molecule has 144 valence electrons. The molecule has 6 nitrogen and oxygen atoms in total. The van der Waals surface area contributed by atoms with Crippen LogP contribution in [0.5, 0.6) is 5.75 Å². The Morgan fingerprint density at radius 1 is 1.30 bits per heavy atom. The van der Waals surface area contributed by atoms with E-state index in [0.717, 1.165) is 41.6 Å². The van der Waals surface area contributed by atoms with E-state index in [4.69, 9.17) is 9.26 Å². The van der Waals surface area contributed by atoms with Crippen molar-refractivity contribution >= 4 is 23.7 Å². The van der Waals surface area contributed by atoms with Crippen LogP contribution in [0.25, 0.3) is 21.9 Å². The Bertz CT molecular complexity index is 894. The van der Waals surface area contributed by atoms with Crippen molar-refractivity contribution in [2.24, 2.45) is 0 Å². The van der Waals surface area contributed by atoms with Crippen molar-refractivity contribution in [2.75, 3.05) is 33.8 Å². The average molecular weight is 407 g/mol. The van der Waals surface area contributed by atoms with Crippen molar-refractivity contribution in [3.63, 3.8) is 0 Å². The Hall–Kier alpha value is -1.93. The lowest BCUT2D eigenvalue weighted by Crippen LogP contribution is -2.44. The van der Waals surface area contributed by atoms with Gasteiger partial charge in [0.15, 0.2) is 5.82 Å². The number of nitrogens with zero attached hydrogens (tertiary/aromatic N) is 3. The lowest BCUT2D eigenvalue weighted by Gasteiger charge is -2.30. The summed E-state index contributed by atoms with van der Waals surface area (Å²) in [6.45, 7) is 4.93. The average Bonchev–Trinajstić information content (AvgIpc) is 3.29. The smallest absolute Gasteiger partial charge is 0.268 e. The quantitative estimate of drug-likeness (QED) is 0.711. The first-order valence-electron chi connectivity index (χ1n) is 8.65. The largest absolute Gasteiger partial charge is 0.497 e. The number of thiophene rings is 1. The highest BCUT2D eigenvalue weighted by Crippen LogP contribution is 2.37. The van der Waals surface area contributed by atoms with Crippen LogP contribution in [-0.2, 0) is 0 Å². The van der Waals surface area contributed by atoms with E-state index in [1.165, 1.54) is 10.4 Å². The summed E-state index contributed by atoms with van der Waals surface area (Å²) in [5, 5.41) is 7.61. The number of likely N-dealkylation sites (N-methyl/N-ethyl adjacent to an activating group) is 1. The zero-order chi connectivity index (χ0) is 18.1. The highest BCUT2D eigenvalue weighted by molar-refractivity contribution is 7.15. The van der Waals surface area contributed by atoms with E-state index in [1.807, 2.05) is 12.1 Å². The number of rotatable bonds is 4. The van der Waals surface area contributed by atoms with Gasteiger partial charge >= 0.3 is 0 Å². The van der Waals surface area contributed by atoms with Gasteiger partial charge in [-0.2, -0.15) is 4.98 Å². The highest BCUT2D eigenvalue weighted by atomic mass is 35.5. The van der Waals surface area contributed by atoms with Gasteiger partial charge in [0.05, 0.1) is 18.0 Å². The number of methoxy groups -OCH3 is 1. The molecule has 1 unspecified atom stereocenters. The maximum absolute atomic E-state index is 5.57. The van der Waals surface area contributed by atoms with E-state index in [-0.39, 0.29) is 18.4 Å². The molecule has 0 amide bonds. The molecular weight excluding hydrogens is 384 g/mol. The number of benzene rings is 1. The summed E-state index contributed by atoms with van der Waals surface area (Å²) < 4.78 is 10.8. The van der Waals surface area contributed by atoms with Crippen LogP contribution < -0.4 is 10.1 Å². The van der Waals surface area contributed by atoms with Gasteiger partial charge in [0.2, 0.25) is 0 Å². The minimum absolute atomic E-state index is 0. The van der Waals surface area contributed by atoms with Gasteiger partial charge in [-0.1, -0.05) is 17.3 Å². The number of nitrogens with one attached hydrogen (secondary N) is 1. The normalized spacial score (nSPS) is 17.5. The summed E-state index contributed by atoms with van der Waals surface area (Å²) in [6.07, 6.45) is 0. The molecule has 1 fully saturated rings. The maximum atomic E-state index is 5.57. The van der Waals surface area contributed by atoms with E-state index in [9.17, 15) is 0 Å². The van der Waals surface area contributed by atoms with E-state index >= 15 is 0 Å². The second-order valence-corrected chi connectivity index (χ2v) is 7.72. The molecule has 3 heterocycles. The lowest BCUT2D eigenvalue weighted by atomic mass is 10.1.